The number of fused-ring (bicyclic) bond motifs is 8. The molecule has 0 aliphatic rings. The van der Waals surface area contributed by atoms with Gasteiger partial charge < -0.3 is 0 Å². The normalized spacial score (nSPS) is 12.0. The van der Waals surface area contributed by atoms with Gasteiger partial charge in [-0.05, 0) is 37.1 Å². The molecule has 248 valence electrons. The molecule has 49 heavy (non-hydrogen) atoms. The summed E-state index contributed by atoms with van der Waals surface area (Å²) < 4.78 is 5.30. The lowest BCUT2D eigenvalue weighted by Crippen LogP contribution is -2.15. The van der Waals surface area contributed by atoms with E-state index < -0.39 is 0 Å². The minimum absolute atomic E-state index is 0.114. The summed E-state index contributed by atoms with van der Waals surface area (Å²) >= 11 is 4.65. The van der Waals surface area contributed by atoms with Crippen LogP contribution in [0.25, 0.3) is 62.9 Å². The molecule has 0 aliphatic heterocycles. The molecular formula is C40H38N4O2S3. The smallest absolute Gasteiger partial charge is 0.264 e. The van der Waals surface area contributed by atoms with Crippen LogP contribution >= 0.6 is 34.0 Å². The Morgan fingerprint density at radius 2 is 1.02 bits per heavy atom. The number of hydrogen-bond acceptors (Lipinski definition) is 7. The SMILES string of the molecule is CCCCCCCCC#Cc1cc2c(nc3c4sc5c6c(ccc(c(=O)n23)c46)c(=O)n2c3cc(C#CCCCCCCCC)sc3nc52)s1. The van der Waals surface area contributed by atoms with Crippen LogP contribution in [0.5, 0.6) is 0 Å². The van der Waals surface area contributed by atoms with Gasteiger partial charge in [-0.15, -0.1) is 34.0 Å². The van der Waals surface area contributed by atoms with Crippen LogP contribution in [0.4, 0.5) is 0 Å². The Morgan fingerprint density at radius 3 is 1.47 bits per heavy atom. The first-order valence-corrected chi connectivity index (χ1v) is 20.3. The maximum absolute atomic E-state index is 14.0. The van der Waals surface area contributed by atoms with Crippen LogP contribution in [-0.4, -0.2) is 18.8 Å². The Kier molecular flexibility index (Phi) is 9.01. The van der Waals surface area contributed by atoms with Crippen molar-refractivity contribution in [2.75, 3.05) is 0 Å². The molecule has 8 rings (SSSR count). The predicted octanol–water partition coefficient (Wildman–Crippen LogP) is 10.7. The van der Waals surface area contributed by atoms with Crippen molar-refractivity contribution in [2.24, 2.45) is 0 Å². The van der Waals surface area contributed by atoms with E-state index >= 15 is 0 Å². The summed E-state index contributed by atoms with van der Waals surface area (Å²) in [6.07, 6.45) is 16.8. The molecule has 0 saturated carbocycles. The lowest BCUT2D eigenvalue weighted by atomic mass is 10.0. The molecular weight excluding hydrogens is 665 g/mol. The fourth-order valence-electron chi connectivity index (χ4n) is 7.06. The number of unbranched alkanes of at least 4 members (excludes halogenated alkanes) is 12. The molecule has 1 aromatic carbocycles. The molecule has 9 heteroatoms. The Bertz CT molecular complexity index is 2530. The fourth-order valence-corrected chi connectivity index (χ4v) is 10.1. The Morgan fingerprint density at radius 1 is 0.592 bits per heavy atom. The van der Waals surface area contributed by atoms with E-state index in [9.17, 15) is 9.59 Å². The van der Waals surface area contributed by atoms with Crippen molar-refractivity contribution < 1.29 is 0 Å². The van der Waals surface area contributed by atoms with E-state index in [0.29, 0.717) is 22.1 Å². The third-order valence-electron chi connectivity index (χ3n) is 9.58. The van der Waals surface area contributed by atoms with E-state index in [1.165, 1.54) is 86.9 Å². The average molecular weight is 703 g/mol. The second-order valence-corrected chi connectivity index (χ2v) is 16.1. The van der Waals surface area contributed by atoms with Crippen LogP contribution in [0.15, 0.2) is 33.9 Å². The number of aromatic nitrogens is 4. The molecule has 0 fully saturated rings. The second-order valence-electron chi connectivity index (χ2n) is 13.1. The zero-order chi connectivity index (χ0) is 33.5. The lowest BCUT2D eigenvalue weighted by Gasteiger charge is -2.04. The van der Waals surface area contributed by atoms with E-state index in [0.717, 1.165) is 76.3 Å². The third kappa shape index (κ3) is 5.66. The van der Waals surface area contributed by atoms with Gasteiger partial charge in [-0.3, -0.25) is 18.4 Å². The van der Waals surface area contributed by atoms with E-state index in [1.807, 2.05) is 24.3 Å². The average Bonchev–Trinajstić information content (AvgIpc) is 3.91. The maximum atomic E-state index is 14.0. The predicted molar refractivity (Wildman–Crippen MR) is 210 cm³/mol. The molecule has 6 nitrogen and oxygen atoms in total. The van der Waals surface area contributed by atoms with Crippen LogP contribution in [0.3, 0.4) is 0 Å². The van der Waals surface area contributed by atoms with Gasteiger partial charge in [-0.1, -0.05) is 102 Å². The van der Waals surface area contributed by atoms with Gasteiger partial charge in [0.05, 0.1) is 30.2 Å². The number of thiophene rings is 3. The monoisotopic (exact) mass is 702 g/mol. The highest BCUT2D eigenvalue weighted by Gasteiger charge is 2.26. The highest BCUT2D eigenvalue weighted by Crippen LogP contribution is 2.43. The van der Waals surface area contributed by atoms with Crippen molar-refractivity contribution in [2.45, 2.75) is 104 Å². The van der Waals surface area contributed by atoms with Crippen molar-refractivity contribution in [3.05, 3.63) is 54.7 Å². The number of imidazole rings is 2. The largest absolute Gasteiger partial charge is 0.268 e. The van der Waals surface area contributed by atoms with Gasteiger partial charge in [0.15, 0.2) is 11.3 Å². The van der Waals surface area contributed by atoms with Crippen molar-refractivity contribution in [1.82, 2.24) is 18.8 Å². The van der Waals surface area contributed by atoms with Crippen molar-refractivity contribution in [3.63, 3.8) is 0 Å². The maximum Gasteiger partial charge on any atom is 0.264 e. The first kappa shape index (κ1) is 32.2. The molecule has 0 atom stereocenters. The van der Waals surface area contributed by atoms with Gasteiger partial charge >= 0.3 is 0 Å². The van der Waals surface area contributed by atoms with E-state index in [-0.39, 0.29) is 11.1 Å². The van der Waals surface area contributed by atoms with Crippen LogP contribution in [0, 0.1) is 23.7 Å². The van der Waals surface area contributed by atoms with Gasteiger partial charge in [0.25, 0.3) is 11.1 Å². The quantitative estimate of drug-likeness (QED) is 0.0722. The number of pyridine rings is 2. The Hall–Kier alpha value is -4.02. The van der Waals surface area contributed by atoms with Crippen molar-refractivity contribution in [1.29, 1.82) is 0 Å². The summed E-state index contributed by atoms with van der Waals surface area (Å²) in [5, 5.41) is 2.84. The number of benzene rings is 1. The fraction of sp³-hybridized carbons (Fsp3) is 0.400. The molecule has 0 radical (unpaired) electrons. The van der Waals surface area contributed by atoms with E-state index in [2.05, 4.69) is 37.5 Å². The van der Waals surface area contributed by atoms with Gasteiger partial charge in [0.1, 0.15) is 9.66 Å². The first-order valence-electron chi connectivity index (χ1n) is 17.8. The molecule has 0 amide bonds. The number of hydrogen-bond donors (Lipinski definition) is 0. The van der Waals surface area contributed by atoms with E-state index in [4.69, 9.17) is 9.97 Å². The zero-order valence-corrected chi connectivity index (χ0v) is 30.5. The second kappa shape index (κ2) is 13.7. The minimum atomic E-state index is -0.114. The molecule has 8 aromatic rings. The molecule has 0 N–H and O–H groups in total. The molecule has 0 saturated heterocycles. The zero-order valence-electron chi connectivity index (χ0n) is 28.0. The number of nitrogens with zero attached hydrogens (tertiary/aromatic N) is 4. The topological polar surface area (TPSA) is 68.7 Å². The Balaban J connectivity index is 1.14. The van der Waals surface area contributed by atoms with Crippen LogP contribution in [0.1, 0.15) is 113 Å². The van der Waals surface area contributed by atoms with Crippen LogP contribution in [-0.2, 0) is 0 Å². The summed E-state index contributed by atoms with van der Waals surface area (Å²) in [6.45, 7) is 4.48. The first-order chi connectivity index (χ1) is 24.1. The third-order valence-corrected chi connectivity index (χ3v) is 12.6. The summed E-state index contributed by atoms with van der Waals surface area (Å²) in [6, 6.07) is 7.63. The van der Waals surface area contributed by atoms with Crippen LogP contribution < -0.4 is 11.1 Å². The summed E-state index contributed by atoms with van der Waals surface area (Å²) in [7, 11) is 0. The highest BCUT2D eigenvalue weighted by atomic mass is 32.1. The summed E-state index contributed by atoms with van der Waals surface area (Å²) in [5.41, 5.74) is 2.64. The molecule has 0 aliphatic carbocycles. The van der Waals surface area contributed by atoms with E-state index in [1.54, 1.807) is 20.1 Å². The number of rotatable bonds is 12. The Labute approximate surface area is 296 Å². The highest BCUT2D eigenvalue weighted by molar-refractivity contribution is 7.27. The van der Waals surface area contributed by atoms with Gasteiger partial charge in [-0.2, -0.15) is 0 Å². The van der Waals surface area contributed by atoms with Crippen molar-refractivity contribution in [3.8, 4) is 23.7 Å². The lowest BCUT2D eigenvalue weighted by molar-refractivity contribution is 0.614. The summed E-state index contributed by atoms with van der Waals surface area (Å²) in [4.78, 5) is 41.5. The molecule has 7 heterocycles. The van der Waals surface area contributed by atoms with Crippen molar-refractivity contribution >= 4 is 96.9 Å². The minimum Gasteiger partial charge on any atom is -0.268 e. The van der Waals surface area contributed by atoms with Crippen LogP contribution in [0.2, 0.25) is 0 Å². The molecule has 0 unspecified atom stereocenters. The van der Waals surface area contributed by atoms with Gasteiger partial charge in [-0.25, -0.2) is 9.97 Å². The standard InChI is InChI=1S/C40H38N4O2S3/c1-3-5-7-9-11-13-15-17-19-25-23-29-37(47-25)41-35-33-31-27(39(45)43(29)35)21-22-28-32(31)34(49-33)36-42-38-30(44(36)40(28)46)24-26(48-38)20-18-16-14-12-10-8-6-4-2/h21-24H,3-16H2,1-2H3. The molecule has 7 aromatic heterocycles. The van der Waals surface area contributed by atoms with Gasteiger partial charge in [0, 0.05) is 34.4 Å². The summed E-state index contributed by atoms with van der Waals surface area (Å²) in [5.74, 6) is 13.3. The van der Waals surface area contributed by atoms with Gasteiger partial charge in [0.2, 0.25) is 0 Å². The molecule has 0 bridgehead atoms. The molecule has 0 spiro atoms.